The second-order valence-corrected chi connectivity index (χ2v) is 6.60. The van der Waals surface area contributed by atoms with Gasteiger partial charge in [0.15, 0.2) is 0 Å². The van der Waals surface area contributed by atoms with Crippen molar-refractivity contribution in [1.29, 1.82) is 0 Å². The summed E-state index contributed by atoms with van der Waals surface area (Å²) in [6.07, 6.45) is 2.41. The molecular weight excluding hydrogens is 312 g/mol. The maximum atomic E-state index is 13.8. The highest BCUT2D eigenvalue weighted by Crippen LogP contribution is 2.34. The average molecular weight is 326 g/mol. The monoisotopic (exact) mass is 325 g/mol. The number of benzene rings is 2. The van der Waals surface area contributed by atoms with Gasteiger partial charge >= 0.3 is 0 Å². The van der Waals surface area contributed by atoms with Crippen LogP contribution in [0.5, 0.6) is 0 Å². The number of hydrogen-bond donors (Lipinski definition) is 1. The molecule has 0 heterocycles. The van der Waals surface area contributed by atoms with E-state index in [1.807, 2.05) is 12.1 Å². The minimum atomic E-state index is -0.566. The van der Waals surface area contributed by atoms with Crippen molar-refractivity contribution in [2.75, 3.05) is 0 Å². The molecule has 1 aliphatic carbocycles. The Morgan fingerprint density at radius 1 is 1.10 bits per heavy atom. The third-order valence-electron chi connectivity index (χ3n) is 3.29. The molecule has 110 valence electrons. The predicted octanol–water partition coefficient (Wildman–Crippen LogP) is 5.02. The van der Waals surface area contributed by atoms with E-state index >= 15 is 0 Å². The van der Waals surface area contributed by atoms with Crippen LogP contribution in [0.3, 0.4) is 0 Å². The normalized spacial score (nSPS) is 14.4. The third-order valence-corrected chi connectivity index (χ3v) is 4.70. The molecule has 0 atom stereocenters. The Labute approximate surface area is 131 Å². The zero-order chi connectivity index (χ0) is 14.8. The van der Waals surface area contributed by atoms with Crippen LogP contribution in [-0.4, -0.2) is 6.04 Å². The second-order valence-electron chi connectivity index (χ2n) is 5.08. The SMILES string of the molecule is Fc1ccc(Sc2ccc(Cl)cc2CNC2CC2)c(F)c1. The van der Waals surface area contributed by atoms with Crippen LogP contribution in [0.25, 0.3) is 0 Å². The minimum Gasteiger partial charge on any atom is -0.310 e. The van der Waals surface area contributed by atoms with Crippen LogP contribution in [0.4, 0.5) is 8.78 Å². The summed E-state index contributed by atoms with van der Waals surface area (Å²) in [4.78, 5) is 1.34. The first-order valence-electron chi connectivity index (χ1n) is 6.76. The lowest BCUT2D eigenvalue weighted by Gasteiger charge is -2.11. The Hall–Kier alpha value is -1.10. The molecule has 0 aromatic heterocycles. The fourth-order valence-electron chi connectivity index (χ4n) is 2.00. The molecule has 1 fully saturated rings. The summed E-state index contributed by atoms with van der Waals surface area (Å²) in [5.41, 5.74) is 1.03. The van der Waals surface area contributed by atoms with Crippen LogP contribution in [0.2, 0.25) is 5.02 Å². The Balaban J connectivity index is 1.82. The molecule has 5 heteroatoms. The molecule has 2 aromatic carbocycles. The van der Waals surface area contributed by atoms with E-state index in [4.69, 9.17) is 11.6 Å². The molecule has 0 saturated heterocycles. The third kappa shape index (κ3) is 3.96. The molecule has 1 N–H and O–H groups in total. The lowest BCUT2D eigenvalue weighted by molar-refractivity contribution is 0.565. The summed E-state index contributed by atoms with van der Waals surface area (Å²) in [6.45, 7) is 0.705. The van der Waals surface area contributed by atoms with Crippen molar-refractivity contribution in [3.63, 3.8) is 0 Å². The maximum absolute atomic E-state index is 13.8. The molecule has 2 aromatic rings. The molecule has 0 radical (unpaired) electrons. The Kier molecular flexibility index (Phi) is 4.48. The van der Waals surface area contributed by atoms with Crippen LogP contribution < -0.4 is 5.32 Å². The molecule has 1 saturated carbocycles. The molecule has 0 aliphatic heterocycles. The van der Waals surface area contributed by atoms with Gasteiger partial charge in [0.25, 0.3) is 0 Å². The number of nitrogens with one attached hydrogen (secondary N) is 1. The van der Waals surface area contributed by atoms with Gasteiger partial charge in [-0.1, -0.05) is 23.4 Å². The standard InChI is InChI=1S/C16H14ClF2NS/c17-11-1-5-15(10(7-11)9-20-13-3-4-13)21-16-6-2-12(18)8-14(16)19/h1-2,5-8,13,20H,3-4,9H2. The summed E-state index contributed by atoms with van der Waals surface area (Å²) < 4.78 is 26.7. The molecule has 3 rings (SSSR count). The molecule has 21 heavy (non-hydrogen) atoms. The number of hydrogen-bond acceptors (Lipinski definition) is 2. The molecule has 0 spiro atoms. The van der Waals surface area contributed by atoms with Crippen molar-refractivity contribution >= 4 is 23.4 Å². The van der Waals surface area contributed by atoms with Crippen molar-refractivity contribution in [3.05, 3.63) is 58.6 Å². The first-order valence-corrected chi connectivity index (χ1v) is 7.96. The fraction of sp³-hybridized carbons (Fsp3) is 0.250. The van der Waals surface area contributed by atoms with Gasteiger partial charge in [0.1, 0.15) is 11.6 Å². The largest absolute Gasteiger partial charge is 0.310 e. The van der Waals surface area contributed by atoms with Crippen molar-refractivity contribution in [1.82, 2.24) is 5.32 Å². The van der Waals surface area contributed by atoms with Gasteiger partial charge in [-0.05, 0) is 48.7 Å². The molecule has 0 amide bonds. The van der Waals surface area contributed by atoms with Gasteiger partial charge in [0, 0.05) is 33.5 Å². The van der Waals surface area contributed by atoms with Crippen LogP contribution in [0.1, 0.15) is 18.4 Å². The summed E-state index contributed by atoms with van der Waals surface area (Å²) in [5.74, 6) is -1.11. The highest BCUT2D eigenvalue weighted by Gasteiger charge is 2.20. The quantitative estimate of drug-likeness (QED) is 0.828. The van der Waals surface area contributed by atoms with Gasteiger partial charge in [-0.3, -0.25) is 0 Å². The number of halogens is 3. The van der Waals surface area contributed by atoms with E-state index in [0.29, 0.717) is 22.5 Å². The van der Waals surface area contributed by atoms with E-state index in [2.05, 4.69) is 5.32 Å². The van der Waals surface area contributed by atoms with Gasteiger partial charge in [0.2, 0.25) is 0 Å². The highest BCUT2D eigenvalue weighted by atomic mass is 35.5. The summed E-state index contributed by atoms with van der Waals surface area (Å²) in [6, 6.07) is 9.77. The lowest BCUT2D eigenvalue weighted by atomic mass is 10.2. The second kappa shape index (κ2) is 6.34. The number of rotatable bonds is 5. The first-order chi connectivity index (χ1) is 10.1. The van der Waals surface area contributed by atoms with E-state index in [-0.39, 0.29) is 0 Å². The predicted molar refractivity (Wildman–Crippen MR) is 81.8 cm³/mol. The summed E-state index contributed by atoms with van der Waals surface area (Å²) >= 11 is 7.33. The lowest BCUT2D eigenvalue weighted by Crippen LogP contribution is -2.15. The van der Waals surface area contributed by atoms with E-state index in [0.717, 1.165) is 16.5 Å². The van der Waals surface area contributed by atoms with E-state index < -0.39 is 11.6 Å². The Bertz CT molecular complexity index is 659. The highest BCUT2D eigenvalue weighted by molar-refractivity contribution is 7.99. The van der Waals surface area contributed by atoms with Gasteiger partial charge < -0.3 is 5.32 Å². The van der Waals surface area contributed by atoms with Gasteiger partial charge in [-0.15, -0.1) is 0 Å². The Morgan fingerprint density at radius 2 is 1.86 bits per heavy atom. The smallest absolute Gasteiger partial charge is 0.140 e. The summed E-state index contributed by atoms with van der Waals surface area (Å²) in [7, 11) is 0. The minimum absolute atomic E-state index is 0.409. The molecule has 1 aliphatic rings. The van der Waals surface area contributed by atoms with Crippen molar-refractivity contribution < 1.29 is 8.78 Å². The van der Waals surface area contributed by atoms with E-state index in [1.54, 1.807) is 6.07 Å². The van der Waals surface area contributed by atoms with Crippen LogP contribution in [0.15, 0.2) is 46.2 Å². The fourth-order valence-corrected chi connectivity index (χ4v) is 3.13. The van der Waals surface area contributed by atoms with Crippen LogP contribution in [-0.2, 0) is 6.54 Å². The zero-order valence-corrected chi connectivity index (χ0v) is 12.8. The molecule has 1 nitrogen and oxygen atoms in total. The van der Waals surface area contributed by atoms with E-state index in [1.165, 1.54) is 36.7 Å². The molecule has 0 bridgehead atoms. The summed E-state index contributed by atoms with van der Waals surface area (Å²) in [5, 5.41) is 4.08. The molecular formula is C16H14ClF2NS. The van der Waals surface area contributed by atoms with Gasteiger partial charge in [-0.2, -0.15) is 0 Å². The van der Waals surface area contributed by atoms with Crippen LogP contribution >= 0.6 is 23.4 Å². The van der Waals surface area contributed by atoms with Gasteiger partial charge in [0.05, 0.1) is 0 Å². The van der Waals surface area contributed by atoms with Gasteiger partial charge in [-0.25, -0.2) is 8.78 Å². The van der Waals surface area contributed by atoms with Crippen molar-refractivity contribution in [3.8, 4) is 0 Å². The van der Waals surface area contributed by atoms with Crippen molar-refractivity contribution in [2.45, 2.75) is 35.2 Å². The topological polar surface area (TPSA) is 12.0 Å². The molecule has 0 unspecified atom stereocenters. The average Bonchev–Trinajstić information content (AvgIpc) is 3.26. The Morgan fingerprint density at radius 3 is 2.57 bits per heavy atom. The van der Waals surface area contributed by atoms with Crippen molar-refractivity contribution in [2.24, 2.45) is 0 Å². The van der Waals surface area contributed by atoms with E-state index in [9.17, 15) is 8.78 Å². The van der Waals surface area contributed by atoms with Crippen LogP contribution in [0, 0.1) is 11.6 Å². The zero-order valence-electron chi connectivity index (χ0n) is 11.2. The maximum Gasteiger partial charge on any atom is 0.140 e. The first kappa shape index (κ1) is 14.8.